The lowest BCUT2D eigenvalue weighted by Crippen LogP contribution is -2.38. The van der Waals surface area contributed by atoms with Gasteiger partial charge >= 0.3 is 5.97 Å². The summed E-state index contributed by atoms with van der Waals surface area (Å²) in [5, 5.41) is 2.76. The molecule has 1 rings (SSSR count). The fourth-order valence-corrected chi connectivity index (χ4v) is 2.44. The maximum Gasteiger partial charge on any atom is 0.320 e. The van der Waals surface area contributed by atoms with Crippen LogP contribution in [0.2, 0.25) is 0 Å². The molecule has 0 bridgehead atoms. The van der Waals surface area contributed by atoms with Crippen molar-refractivity contribution in [2.24, 2.45) is 5.92 Å². The molecule has 0 saturated heterocycles. The zero-order valence-corrected chi connectivity index (χ0v) is 12.9. The first-order chi connectivity index (χ1) is 8.56. The average molecular weight is 369 g/mol. The maximum atomic E-state index is 11.6. The third kappa shape index (κ3) is 5.09. The third-order valence-electron chi connectivity index (χ3n) is 3.00. The van der Waals surface area contributed by atoms with E-state index in [2.05, 4.69) is 10.1 Å². The number of halogens is 1. The van der Waals surface area contributed by atoms with Crippen LogP contribution in [0.15, 0.2) is 0 Å². The molecule has 5 nitrogen and oxygen atoms in total. The molecule has 1 saturated carbocycles. The molecule has 1 aliphatic carbocycles. The number of rotatable bonds is 7. The second kappa shape index (κ2) is 7.93. The molecule has 18 heavy (non-hydrogen) atoms. The molecular formula is C12H20INO4. The van der Waals surface area contributed by atoms with E-state index in [0.29, 0.717) is 25.0 Å². The van der Waals surface area contributed by atoms with Gasteiger partial charge in [0.2, 0.25) is 5.91 Å². The van der Waals surface area contributed by atoms with Crippen molar-refractivity contribution >= 4 is 34.5 Å². The SMILES string of the molecule is CCOC1CC(CC(=O)NCC(I)C(=O)OC)C1. The minimum Gasteiger partial charge on any atom is -0.468 e. The van der Waals surface area contributed by atoms with Gasteiger partial charge in [0.25, 0.3) is 0 Å². The number of hydrogen-bond acceptors (Lipinski definition) is 4. The Hall–Kier alpha value is -0.370. The molecule has 1 N–H and O–H groups in total. The Morgan fingerprint density at radius 3 is 2.67 bits per heavy atom. The van der Waals surface area contributed by atoms with Gasteiger partial charge in [-0.15, -0.1) is 0 Å². The zero-order chi connectivity index (χ0) is 13.5. The first-order valence-corrected chi connectivity index (χ1v) is 7.41. The smallest absolute Gasteiger partial charge is 0.320 e. The second-order valence-corrected chi connectivity index (χ2v) is 5.92. The van der Waals surface area contributed by atoms with Crippen LogP contribution in [0.3, 0.4) is 0 Å². The van der Waals surface area contributed by atoms with Crippen LogP contribution >= 0.6 is 22.6 Å². The predicted octanol–water partition coefficient (Wildman–Crippen LogP) is 1.28. The zero-order valence-electron chi connectivity index (χ0n) is 10.8. The number of amides is 1. The highest BCUT2D eigenvalue weighted by molar-refractivity contribution is 14.1. The van der Waals surface area contributed by atoms with Gasteiger partial charge < -0.3 is 14.8 Å². The Morgan fingerprint density at radius 1 is 1.44 bits per heavy atom. The van der Waals surface area contributed by atoms with Crippen molar-refractivity contribution in [3.05, 3.63) is 0 Å². The first kappa shape index (κ1) is 15.7. The number of alkyl halides is 1. The van der Waals surface area contributed by atoms with Crippen LogP contribution in [0, 0.1) is 5.92 Å². The molecule has 0 heterocycles. The highest BCUT2D eigenvalue weighted by atomic mass is 127. The van der Waals surface area contributed by atoms with Crippen molar-refractivity contribution in [3.63, 3.8) is 0 Å². The topological polar surface area (TPSA) is 64.6 Å². The van der Waals surface area contributed by atoms with E-state index in [0.717, 1.165) is 19.4 Å². The minimum absolute atomic E-state index is 0.000479. The maximum absolute atomic E-state index is 11.6. The van der Waals surface area contributed by atoms with E-state index in [1.807, 2.05) is 29.5 Å². The lowest BCUT2D eigenvalue weighted by molar-refractivity contribution is -0.139. The summed E-state index contributed by atoms with van der Waals surface area (Å²) in [6, 6.07) is 0. The minimum atomic E-state index is -0.325. The van der Waals surface area contributed by atoms with Crippen LogP contribution in [-0.2, 0) is 19.1 Å². The van der Waals surface area contributed by atoms with Crippen molar-refractivity contribution in [2.75, 3.05) is 20.3 Å². The van der Waals surface area contributed by atoms with Gasteiger partial charge in [0.05, 0.1) is 13.2 Å². The number of methoxy groups -OCH3 is 1. The molecule has 6 heteroatoms. The van der Waals surface area contributed by atoms with E-state index >= 15 is 0 Å². The fourth-order valence-electron chi connectivity index (χ4n) is 1.96. The normalized spacial score (nSPS) is 23.9. The van der Waals surface area contributed by atoms with Crippen LogP contribution in [0.5, 0.6) is 0 Å². The van der Waals surface area contributed by atoms with Crippen molar-refractivity contribution in [2.45, 2.75) is 36.2 Å². The number of hydrogen-bond donors (Lipinski definition) is 1. The fraction of sp³-hybridized carbons (Fsp3) is 0.833. The molecule has 1 atom stereocenters. The summed E-state index contributed by atoms with van der Waals surface area (Å²) in [6.45, 7) is 3.04. The van der Waals surface area contributed by atoms with Gasteiger partial charge in [-0.1, -0.05) is 22.6 Å². The van der Waals surface area contributed by atoms with Gasteiger partial charge in [-0.25, -0.2) is 0 Å². The highest BCUT2D eigenvalue weighted by Crippen LogP contribution is 2.32. The number of esters is 1. The van der Waals surface area contributed by atoms with E-state index in [1.54, 1.807) is 0 Å². The number of ether oxygens (including phenoxy) is 2. The molecule has 1 unspecified atom stereocenters. The van der Waals surface area contributed by atoms with Gasteiger partial charge in [0.1, 0.15) is 3.92 Å². The molecule has 1 aliphatic rings. The van der Waals surface area contributed by atoms with E-state index in [1.165, 1.54) is 7.11 Å². The van der Waals surface area contributed by atoms with Gasteiger partial charge in [-0.2, -0.15) is 0 Å². The van der Waals surface area contributed by atoms with Crippen molar-refractivity contribution in [3.8, 4) is 0 Å². The summed E-state index contributed by atoms with van der Waals surface area (Å²) in [7, 11) is 1.35. The molecule has 0 aromatic rings. The monoisotopic (exact) mass is 369 g/mol. The quantitative estimate of drug-likeness (QED) is 0.417. The van der Waals surface area contributed by atoms with Gasteiger partial charge in [0, 0.05) is 19.6 Å². The molecule has 0 radical (unpaired) electrons. The van der Waals surface area contributed by atoms with E-state index < -0.39 is 0 Å². The Labute approximate surface area is 121 Å². The van der Waals surface area contributed by atoms with Crippen molar-refractivity contribution in [1.82, 2.24) is 5.32 Å². The van der Waals surface area contributed by atoms with Crippen LogP contribution < -0.4 is 5.32 Å². The Bertz CT molecular complexity index is 292. The largest absolute Gasteiger partial charge is 0.468 e. The van der Waals surface area contributed by atoms with Crippen molar-refractivity contribution < 1.29 is 19.1 Å². The summed E-state index contributed by atoms with van der Waals surface area (Å²) in [5.41, 5.74) is 0. The summed E-state index contributed by atoms with van der Waals surface area (Å²) in [6.07, 6.45) is 2.78. The van der Waals surface area contributed by atoms with Gasteiger partial charge in [0.15, 0.2) is 0 Å². The molecular weight excluding hydrogens is 349 g/mol. The van der Waals surface area contributed by atoms with Crippen LogP contribution in [0.1, 0.15) is 26.2 Å². The molecule has 0 spiro atoms. The Morgan fingerprint density at radius 2 is 2.11 bits per heavy atom. The summed E-state index contributed by atoms with van der Waals surface area (Å²) < 4.78 is 9.70. The average Bonchev–Trinajstić information content (AvgIpc) is 2.32. The van der Waals surface area contributed by atoms with Crippen LogP contribution in [0.25, 0.3) is 0 Å². The van der Waals surface area contributed by atoms with Gasteiger partial charge in [-0.3, -0.25) is 9.59 Å². The van der Waals surface area contributed by atoms with Crippen molar-refractivity contribution in [1.29, 1.82) is 0 Å². The number of carbonyl (C=O) groups excluding carboxylic acids is 2. The number of carbonyl (C=O) groups is 2. The first-order valence-electron chi connectivity index (χ1n) is 6.17. The van der Waals surface area contributed by atoms with E-state index in [9.17, 15) is 9.59 Å². The molecule has 0 aliphatic heterocycles. The Balaban J connectivity index is 2.10. The Kier molecular flexibility index (Phi) is 6.91. The molecule has 104 valence electrons. The van der Waals surface area contributed by atoms with Crippen LogP contribution in [0.4, 0.5) is 0 Å². The van der Waals surface area contributed by atoms with Crippen LogP contribution in [-0.4, -0.2) is 42.2 Å². The second-order valence-electron chi connectivity index (χ2n) is 4.41. The summed E-state index contributed by atoms with van der Waals surface area (Å²) in [5.74, 6) is 0.115. The standard InChI is InChI=1S/C12H20INO4/c1-3-18-9-4-8(5-9)6-11(15)14-7-10(13)12(16)17-2/h8-10H,3-7H2,1-2H3,(H,14,15). The predicted molar refractivity (Wildman–Crippen MR) is 75.6 cm³/mol. The molecule has 1 amide bonds. The summed E-state index contributed by atoms with van der Waals surface area (Å²) >= 11 is 1.96. The molecule has 0 aromatic carbocycles. The molecule has 0 aromatic heterocycles. The lowest BCUT2D eigenvalue weighted by atomic mass is 9.80. The van der Waals surface area contributed by atoms with E-state index in [-0.39, 0.29) is 15.8 Å². The van der Waals surface area contributed by atoms with E-state index in [4.69, 9.17) is 4.74 Å². The lowest BCUT2D eigenvalue weighted by Gasteiger charge is -2.34. The molecule has 1 fully saturated rings. The summed E-state index contributed by atoms with van der Waals surface area (Å²) in [4.78, 5) is 22.7. The van der Waals surface area contributed by atoms with Gasteiger partial charge in [-0.05, 0) is 25.7 Å². The third-order valence-corrected chi connectivity index (χ3v) is 3.95. The number of nitrogens with one attached hydrogen (secondary N) is 1. The highest BCUT2D eigenvalue weighted by Gasteiger charge is 2.31.